The monoisotopic (exact) mass is 291 g/mol. The molecule has 1 unspecified atom stereocenters. The number of nitrogens with zero attached hydrogens (tertiary/aromatic N) is 3. The second kappa shape index (κ2) is 5.36. The number of thiophene rings is 1. The summed E-state index contributed by atoms with van der Waals surface area (Å²) in [7, 11) is 0. The number of piperidine rings is 1. The highest BCUT2D eigenvalue weighted by molar-refractivity contribution is 7.18. The second-order valence-corrected chi connectivity index (χ2v) is 6.14. The summed E-state index contributed by atoms with van der Waals surface area (Å²) in [5.41, 5.74) is 0. The van der Waals surface area contributed by atoms with Gasteiger partial charge in [-0.1, -0.05) is 6.92 Å². The summed E-state index contributed by atoms with van der Waals surface area (Å²) in [6.07, 6.45) is 5.17. The van der Waals surface area contributed by atoms with Gasteiger partial charge in [0.05, 0.1) is 5.39 Å². The van der Waals surface area contributed by atoms with E-state index in [0.717, 1.165) is 41.8 Å². The van der Waals surface area contributed by atoms with E-state index in [1.165, 1.54) is 4.88 Å². The third kappa shape index (κ3) is 2.24. The number of aromatic nitrogens is 2. The molecule has 0 amide bonds. The summed E-state index contributed by atoms with van der Waals surface area (Å²) in [5, 5.41) is 10.4. The standard InChI is InChI=1S/C14H17N3O2S/c1-2-9-7-10-12(15-8-16-13(10)20-9)17-6-4-3-5-11(17)14(18)19/h7-8,11H,2-6H2,1H3,(H,18,19). The number of aliphatic carboxylic acids is 1. The van der Waals surface area contributed by atoms with Crippen LogP contribution in [0, 0.1) is 0 Å². The Labute approximate surface area is 121 Å². The summed E-state index contributed by atoms with van der Waals surface area (Å²) in [5.74, 6) is 0.0143. The van der Waals surface area contributed by atoms with Crippen molar-refractivity contribution < 1.29 is 9.90 Å². The SMILES string of the molecule is CCc1cc2c(N3CCCCC3C(=O)O)ncnc2s1. The lowest BCUT2D eigenvalue weighted by molar-refractivity contribution is -0.139. The lowest BCUT2D eigenvalue weighted by Crippen LogP contribution is -2.45. The van der Waals surface area contributed by atoms with Crippen molar-refractivity contribution in [3.8, 4) is 0 Å². The van der Waals surface area contributed by atoms with Gasteiger partial charge in [-0.25, -0.2) is 14.8 Å². The van der Waals surface area contributed by atoms with Gasteiger partial charge in [-0.15, -0.1) is 11.3 Å². The zero-order valence-corrected chi connectivity index (χ0v) is 12.2. The third-order valence-electron chi connectivity index (χ3n) is 3.77. The van der Waals surface area contributed by atoms with Crippen LogP contribution in [0.2, 0.25) is 0 Å². The lowest BCUT2D eigenvalue weighted by atomic mass is 10.0. The Bertz CT molecular complexity index is 640. The van der Waals surface area contributed by atoms with E-state index in [9.17, 15) is 9.90 Å². The van der Waals surface area contributed by atoms with E-state index >= 15 is 0 Å². The van der Waals surface area contributed by atoms with Crippen LogP contribution in [0.1, 0.15) is 31.1 Å². The van der Waals surface area contributed by atoms with Crippen molar-refractivity contribution in [3.05, 3.63) is 17.3 Å². The van der Waals surface area contributed by atoms with Crippen molar-refractivity contribution in [3.63, 3.8) is 0 Å². The van der Waals surface area contributed by atoms with Gasteiger partial charge >= 0.3 is 5.97 Å². The summed E-state index contributed by atoms with van der Waals surface area (Å²) >= 11 is 1.66. The van der Waals surface area contributed by atoms with Crippen LogP contribution in [0.5, 0.6) is 0 Å². The van der Waals surface area contributed by atoms with Gasteiger partial charge in [0.1, 0.15) is 23.0 Å². The van der Waals surface area contributed by atoms with Gasteiger partial charge in [0, 0.05) is 11.4 Å². The average molecular weight is 291 g/mol. The predicted octanol–water partition coefficient (Wildman–Crippen LogP) is 2.70. The zero-order chi connectivity index (χ0) is 14.1. The second-order valence-electron chi connectivity index (χ2n) is 5.03. The molecule has 2 aromatic rings. The van der Waals surface area contributed by atoms with Crippen LogP contribution in [-0.4, -0.2) is 33.6 Å². The predicted molar refractivity (Wildman–Crippen MR) is 79.4 cm³/mol. The molecule has 0 saturated carbocycles. The molecular weight excluding hydrogens is 274 g/mol. The highest BCUT2D eigenvalue weighted by Gasteiger charge is 2.30. The van der Waals surface area contributed by atoms with Gasteiger partial charge in [0.2, 0.25) is 0 Å². The van der Waals surface area contributed by atoms with Crippen LogP contribution in [0.3, 0.4) is 0 Å². The molecule has 20 heavy (non-hydrogen) atoms. The molecule has 3 heterocycles. The molecule has 1 N–H and O–H groups in total. The number of anilines is 1. The molecule has 1 aliphatic heterocycles. The van der Waals surface area contributed by atoms with Gasteiger partial charge in [-0.05, 0) is 31.7 Å². The molecule has 1 fully saturated rings. The highest BCUT2D eigenvalue weighted by atomic mass is 32.1. The Morgan fingerprint density at radius 2 is 2.35 bits per heavy atom. The largest absolute Gasteiger partial charge is 0.480 e. The minimum Gasteiger partial charge on any atom is -0.480 e. The Balaban J connectivity index is 2.07. The number of rotatable bonds is 3. The topological polar surface area (TPSA) is 66.3 Å². The van der Waals surface area contributed by atoms with Crippen molar-refractivity contribution in [1.82, 2.24) is 9.97 Å². The Kier molecular flexibility index (Phi) is 3.56. The fourth-order valence-electron chi connectivity index (χ4n) is 2.74. The van der Waals surface area contributed by atoms with E-state index in [0.29, 0.717) is 6.42 Å². The maximum absolute atomic E-state index is 11.5. The van der Waals surface area contributed by atoms with Crippen LogP contribution in [0.25, 0.3) is 10.2 Å². The number of hydrogen-bond donors (Lipinski definition) is 1. The van der Waals surface area contributed by atoms with E-state index in [1.54, 1.807) is 17.7 Å². The van der Waals surface area contributed by atoms with Crippen LogP contribution in [-0.2, 0) is 11.2 Å². The van der Waals surface area contributed by atoms with Crippen molar-refractivity contribution in [2.45, 2.75) is 38.6 Å². The van der Waals surface area contributed by atoms with E-state index in [-0.39, 0.29) is 0 Å². The summed E-state index contributed by atoms with van der Waals surface area (Å²) in [6, 6.07) is 1.63. The van der Waals surface area contributed by atoms with E-state index in [2.05, 4.69) is 23.0 Å². The molecule has 106 valence electrons. The van der Waals surface area contributed by atoms with Crippen molar-refractivity contribution in [2.75, 3.05) is 11.4 Å². The number of aryl methyl sites for hydroxylation is 1. The molecule has 0 spiro atoms. The highest BCUT2D eigenvalue weighted by Crippen LogP contribution is 2.33. The first-order valence-corrected chi connectivity index (χ1v) is 7.75. The smallest absolute Gasteiger partial charge is 0.326 e. The Hall–Kier alpha value is -1.69. The number of carboxylic acid groups (broad SMARTS) is 1. The van der Waals surface area contributed by atoms with Crippen molar-refractivity contribution in [2.24, 2.45) is 0 Å². The van der Waals surface area contributed by atoms with Gasteiger partial charge < -0.3 is 10.0 Å². The van der Waals surface area contributed by atoms with Gasteiger partial charge in [-0.2, -0.15) is 0 Å². The van der Waals surface area contributed by atoms with E-state index in [4.69, 9.17) is 0 Å². The minimum absolute atomic E-state index is 0.466. The number of carboxylic acids is 1. The van der Waals surface area contributed by atoms with E-state index < -0.39 is 12.0 Å². The molecule has 3 rings (SSSR count). The quantitative estimate of drug-likeness (QED) is 0.941. The zero-order valence-electron chi connectivity index (χ0n) is 11.4. The Morgan fingerprint density at radius 1 is 1.50 bits per heavy atom. The minimum atomic E-state index is -0.762. The molecular formula is C14H17N3O2S. The van der Waals surface area contributed by atoms with Crippen LogP contribution >= 0.6 is 11.3 Å². The fourth-order valence-corrected chi connectivity index (χ4v) is 3.67. The summed E-state index contributed by atoms with van der Waals surface area (Å²) in [6.45, 7) is 2.86. The van der Waals surface area contributed by atoms with Crippen LogP contribution in [0.15, 0.2) is 12.4 Å². The fraction of sp³-hybridized carbons (Fsp3) is 0.500. The first-order valence-electron chi connectivity index (χ1n) is 6.93. The normalized spacial score (nSPS) is 19.4. The first-order chi connectivity index (χ1) is 9.70. The molecule has 1 saturated heterocycles. The third-order valence-corrected chi connectivity index (χ3v) is 4.96. The number of hydrogen-bond acceptors (Lipinski definition) is 5. The van der Waals surface area contributed by atoms with Gasteiger partial charge in [-0.3, -0.25) is 0 Å². The van der Waals surface area contributed by atoms with Crippen molar-refractivity contribution >= 4 is 33.3 Å². The van der Waals surface area contributed by atoms with Gasteiger partial charge in [0.25, 0.3) is 0 Å². The molecule has 1 aliphatic rings. The molecule has 5 nitrogen and oxygen atoms in total. The molecule has 0 aliphatic carbocycles. The van der Waals surface area contributed by atoms with Gasteiger partial charge in [0.15, 0.2) is 0 Å². The van der Waals surface area contributed by atoms with Crippen LogP contribution in [0.4, 0.5) is 5.82 Å². The van der Waals surface area contributed by atoms with Crippen LogP contribution < -0.4 is 4.90 Å². The molecule has 2 aromatic heterocycles. The number of fused-ring (bicyclic) bond motifs is 1. The number of carbonyl (C=O) groups is 1. The molecule has 1 atom stereocenters. The maximum Gasteiger partial charge on any atom is 0.326 e. The maximum atomic E-state index is 11.5. The molecule has 0 aromatic carbocycles. The first kappa shape index (κ1) is 13.3. The Morgan fingerprint density at radius 3 is 3.10 bits per heavy atom. The molecule has 0 radical (unpaired) electrons. The molecule has 6 heteroatoms. The van der Waals surface area contributed by atoms with Crippen molar-refractivity contribution in [1.29, 1.82) is 0 Å². The lowest BCUT2D eigenvalue weighted by Gasteiger charge is -2.34. The van der Waals surface area contributed by atoms with E-state index in [1.807, 2.05) is 4.90 Å². The molecule has 0 bridgehead atoms. The summed E-state index contributed by atoms with van der Waals surface area (Å²) < 4.78 is 0. The average Bonchev–Trinajstić information content (AvgIpc) is 2.90. The summed E-state index contributed by atoms with van der Waals surface area (Å²) in [4.78, 5) is 24.3.